The van der Waals surface area contributed by atoms with Crippen molar-refractivity contribution in [1.29, 1.82) is 0 Å². The van der Waals surface area contributed by atoms with Crippen molar-refractivity contribution in [3.8, 4) is 22.3 Å². The van der Waals surface area contributed by atoms with Crippen LogP contribution in [0.1, 0.15) is 56.2 Å². The molecule has 0 aliphatic heterocycles. The molecule has 3 atom stereocenters. The second-order valence-electron chi connectivity index (χ2n) is 15.0. The molecule has 7 aromatic rings. The van der Waals surface area contributed by atoms with E-state index in [4.69, 9.17) is 17.0 Å². The van der Waals surface area contributed by atoms with Gasteiger partial charge in [0.2, 0.25) is 0 Å². The van der Waals surface area contributed by atoms with E-state index in [1.54, 1.807) is 0 Å². The predicted octanol–water partition coefficient (Wildman–Crippen LogP) is 14.0. The average Bonchev–Trinajstić information content (AvgIpc) is 3.81. The normalized spacial score (nSPS) is 17.9. The van der Waals surface area contributed by atoms with Crippen LogP contribution >= 0.6 is 17.0 Å². The number of halogens is 2. The molecule has 0 spiro atoms. The van der Waals surface area contributed by atoms with E-state index in [-0.39, 0.29) is 7.25 Å². The number of hydrogen-bond donors (Lipinski definition) is 0. The summed E-state index contributed by atoms with van der Waals surface area (Å²) in [5.41, 5.74) is 13.1. The maximum absolute atomic E-state index is 9.04. The average molecular weight is 822 g/mol. The van der Waals surface area contributed by atoms with Gasteiger partial charge in [0.15, 0.2) is 0 Å². The molecular formula is C49H43Cl2SiZr. The van der Waals surface area contributed by atoms with Crippen molar-refractivity contribution >= 4 is 61.8 Å². The van der Waals surface area contributed by atoms with E-state index >= 15 is 0 Å². The summed E-state index contributed by atoms with van der Waals surface area (Å²) < 4.78 is 0.00682. The minimum atomic E-state index is -5.20. The topological polar surface area (TPSA) is 0 Å². The molecule has 0 N–H and O–H groups in total. The Balaban J connectivity index is 1.31. The van der Waals surface area contributed by atoms with E-state index in [0.29, 0.717) is 0 Å². The van der Waals surface area contributed by atoms with E-state index in [1.165, 1.54) is 82.4 Å². The van der Waals surface area contributed by atoms with Gasteiger partial charge in [-0.05, 0) is 0 Å². The number of allylic oxidation sites excluding steroid dienone is 2. The number of fused-ring (bicyclic) bond motifs is 4. The molecule has 0 nitrogen and oxygen atoms in total. The zero-order valence-electron chi connectivity index (χ0n) is 30.5. The van der Waals surface area contributed by atoms with Gasteiger partial charge in [-0.25, -0.2) is 0 Å². The Morgan fingerprint density at radius 2 is 0.868 bits per heavy atom. The zero-order chi connectivity index (χ0) is 36.3. The van der Waals surface area contributed by atoms with Gasteiger partial charge in [-0.2, -0.15) is 0 Å². The third-order valence-corrected chi connectivity index (χ3v) is 59.7. The molecule has 0 amide bonds. The molecule has 53 heavy (non-hydrogen) atoms. The number of benzene rings is 7. The van der Waals surface area contributed by atoms with Crippen molar-refractivity contribution in [3.05, 3.63) is 185 Å². The van der Waals surface area contributed by atoms with Crippen LogP contribution in [0.15, 0.2) is 163 Å². The molecule has 0 aromatic heterocycles. The predicted molar refractivity (Wildman–Crippen MR) is 232 cm³/mol. The fourth-order valence-electron chi connectivity index (χ4n) is 9.96. The van der Waals surface area contributed by atoms with Crippen molar-refractivity contribution in [2.45, 2.75) is 40.5 Å². The molecule has 0 saturated carbocycles. The van der Waals surface area contributed by atoms with Gasteiger partial charge in [0, 0.05) is 0 Å². The van der Waals surface area contributed by atoms with Crippen LogP contribution in [-0.2, 0) is 15.6 Å². The van der Waals surface area contributed by atoms with Gasteiger partial charge in [0.05, 0.1) is 0 Å². The van der Waals surface area contributed by atoms with E-state index in [9.17, 15) is 0 Å². The van der Waals surface area contributed by atoms with Crippen molar-refractivity contribution in [2.24, 2.45) is 0 Å². The standard InChI is InChI=1S/2C21H17.C7H9Si.2ClH.Zr/c2*1-2-15-13-17-9-6-12-20(21(17)14-15)19-11-5-8-16-7-3-4-10-18(16)19;1-8-7-5-3-2-4-6-7;;;/h2*3-14H,2H2,1H3;2-6,8H,1H3;2*1H;/q;;;;;+2/p-2. The van der Waals surface area contributed by atoms with Crippen molar-refractivity contribution in [1.82, 2.24) is 0 Å². The van der Waals surface area contributed by atoms with Crippen LogP contribution in [0.2, 0.25) is 6.55 Å². The van der Waals surface area contributed by atoms with Crippen LogP contribution in [0.4, 0.5) is 0 Å². The fraction of sp³-hybridized carbons (Fsp3) is 0.143. The molecule has 0 heterocycles. The molecule has 0 fully saturated rings. The Kier molecular flexibility index (Phi) is 8.91. The third kappa shape index (κ3) is 5.39. The van der Waals surface area contributed by atoms with Crippen LogP contribution in [0.3, 0.4) is 0 Å². The van der Waals surface area contributed by atoms with Gasteiger partial charge in [0.1, 0.15) is 0 Å². The Hall–Kier alpha value is -3.78. The summed E-state index contributed by atoms with van der Waals surface area (Å²) in [7, 11) is 18.1. The molecule has 3 unspecified atom stereocenters. The summed E-state index contributed by atoms with van der Waals surface area (Å²) in [4.78, 5) is 0. The fourth-order valence-corrected chi connectivity index (χ4v) is 51.0. The summed E-state index contributed by atoms with van der Waals surface area (Å²) in [6.45, 7) is 7.09. The summed E-state index contributed by atoms with van der Waals surface area (Å²) in [5.74, 6) is -2.03. The number of rotatable bonds is 8. The van der Waals surface area contributed by atoms with Crippen LogP contribution in [0, 0.1) is 0 Å². The SMILES string of the molecule is CCC1=Cc2c(-c3cccc4ccccc34)cccc2[CH]1[Zr]([Cl])([Cl])([CH]1C(CC)=Cc2c(-c3cccc4ccccc34)cccc21)[SiH](C)c1ccccc1. The molecule has 4 heteroatoms. The van der Waals surface area contributed by atoms with Gasteiger partial charge < -0.3 is 0 Å². The number of hydrogen-bond acceptors (Lipinski definition) is 0. The molecular weight excluding hydrogens is 779 g/mol. The third-order valence-electron chi connectivity index (χ3n) is 12.5. The first-order valence-corrected chi connectivity index (χ1v) is 34.8. The molecule has 7 aromatic carbocycles. The Morgan fingerprint density at radius 3 is 1.34 bits per heavy atom. The quantitative estimate of drug-likeness (QED) is 0.134. The molecule has 0 bridgehead atoms. The van der Waals surface area contributed by atoms with Gasteiger partial charge in [-0.15, -0.1) is 0 Å². The van der Waals surface area contributed by atoms with Gasteiger partial charge in [-0.1, -0.05) is 0 Å². The van der Waals surface area contributed by atoms with E-state index in [2.05, 4.69) is 184 Å². The van der Waals surface area contributed by atoms with Gasteiger partial charge in [0.25, 0.3) is 0 Å². The van der Waals surface area contributed by atoms with Crippen molar-refractivity contribution < 1.29 is 15.6 Å². The van der Waals surface area contributed by atoms with Crippen LogP contribution in [-0.4, -0.2) is 5.92 Å². The second kappa shape index (κ2) is 13.5. The van der Waals surface area contributed by atoms with Crippen molar-refractivity contribution in [2.75, 3.05) is 0 Å². The molecule has 2 aliphatic rings. The Bertz CT molecular complexity index is 2450. The van der Waals surface area contributed by atoms with Crippen LogP contribution < -0.4 is 5.19 Å². The Morgan fingerprint density at radius 1 is 0.472 bits per heavy atom. The first kappa shape index (κ1) is 35.0. The van der Waals surface area contributed by atoms with Crippen molar-refractivity contribution in [3.63, 3.8) is 0 Å². The summed E-state index contributed by atoms with van der Waals surface area (Å²) in [6, 6.07) is 55.7. The monoisotopic (exact) mass is 819 g/mol. The minimum absolute atomic E-state index is 0.00341. The maximum atomic E-state index is 9.04. The zero-order valence-corrected chi connectivity index (χ0v) is 35.6. The first-order chi connectivity index (χ1) is 25.8. The van der Waals surface area contributed by atoms with Crippen LogP contribution in [0.25, 0.3) is 56.0 Å². The molecule has 2 aliphatic carbocycles. The molecule has 0 radical (unpaired) electrons. The first-order valence-electron chi connectivity index (χ1n) is 19.1. The molecule has 9 rings (SSSR count). The van der Waals surface area contributed by atoms with Gasteiger partial charge in [-0.3, -0.25) is 0 Å². The summed E-state index contributed by atoms with van der Waals surface area (Å²) >= 11 is -5.20. The summed E-state index contributed by atoms with van der Waals surface area (Å²) in [6.07, 6.45) is 6.79. The molecule has 261 valence electrons. The summed E-state index contributed by atoms with van der Waals surface area (Å²) in [5, 5.41) is 6.42. The Labute approximate surface area is 322 Å². The molecule has 0 saturated heterocycles. The van der Waals surface area contributed by atoms with E-state index in [0.717, 1.165) is 12.8 Å². The van der Waals surface area contributed by atoms with Crippen LogP contribution in [0.5, 0.6) is 0 Å². The van der Waals surface area contributed by atoms with E-state index < -0.39 is 21.5 Å². The second-order valence-corrected chi connectivity index (χ2v) is 55.2. The van der Waals surface area contributed by atoms with Gasteiger partial charge >= 0.3 is 325 Å². The van der Waals surface area contributed by atoms with E-state index in [1.807, 2.05) is 0 Å².